The fourth-order valence-electron chi connectivity index (χ4n) is 3.00. The summed E-state index contributed by atoms with van der Waals surface area (Å²) in [5.74, 6) is -0.860. The highest BCUT2D eigenvalue weighted by molar-refractivity contribution is 5.73. The van der Waals surface area contributed by atoms with Crippen LogP contribution in [0.25, 0.3) is 0 Å². The van der Waals surface area contributed by atoms with Gasteiger partial charge in [0.15, 0.2) is 11.6 Å². The molecule has 1 N–H and O–H groups in total. The number of nitrogens with zero attached hydrogens (tertiary/aromatic N) is 1. The van der Waals surface area contributed by atoms with Crippen LogP contribution in [0, 0.1) is 11.6 Å². The Morgan fingerprint density at radius 3 is 2.74 bits per heavy atom. The Kier molecular flexibility index (Phi) is 4.37. The topological polar surface area (TPSA) is 24.5 Å². The molecule has 0 saturated carbocycles. The zero-order chi connectivity index (χ0) is 16.4. The molecule has 0 aromatic heterocycles. The van der Waals surface area contributed by atoms with Crippen LogP contribution < -0.4 is 15.0 Å². The van der Waals surface area contributed by atoms with E-state index in [-0.39, 0.29) is 6.04 Å². The summed E-state index contributed by atoms with van der Waals surface area (Å²) in [5.41, 5.74) is 2.40. The molecule has 122 valence electrons. The Hall–Kier alpha value is -2.30. The van der Waals surface area contributed by atoms with Gasteiger partial charge in [-0.15, -0.1) is 0 Å². The Morgan fingerprint density at radius 2 is 2.00 bits per heavy atom. The molecule has 5 heteroatoms. The summed E-state index contributed by atoms with van der Waals surface area (Å²) in [6.07, 6.45) is 0.912. The van der Waals surface area contributed by atoms with E-state index in [1.807, 2.05) is 24.3 Å². The average molecular weight is 318 g/mol. The van der Waals surface area contributed by atoms with Gasteiger partial charge in [0, 0.05) is 31.3 Å². The zero-order valence-corrected chi connectivity index (χ0v) is 13.3. The number of ether oxygens (including phenoxy) is 1. The van der Waals surface area contributed by atoms with E-state index < -0.39 is 11.6 Å². The molecule has 3 nitrogen and oxygen atoms in total. The molecular formula is C18H20F2N2O. The molecular weight excluding hydrogens is 298 g/mol. The molecule has 2 aromatic rings. The number of hydrogen-bond acceptors (Lipinski definition) is 3. The van der Waals surface area contributed by atoms with E-state index in [1.165, 1.54) is 12.1 Å². The van der Waals surface area contributed by atoms with Gasteiger partial charge in [-0.05, 0) is 24.1 Å². The summed E-state index contributed by atoms with van der Waals surface area (Å²) >= 11 is 0. The molecule has 0 amide bonds. The van der Waals surface area contributed by atoms with Gasteiger partial charge >= 0.3 is 0 Å². The molecule has 0 aliphatic carbocycles. The molecule has 23 heavy (non-hydrogen) atoms. The molecule has 0 radical (unpaired) electrons. The Bertz CT molecular complexity index is 705. The van der Waals surface area contributed by atoms with E-state index in [0.717, 1.165) is 17.7 Å². The lowest BCUT2D eigenvalue weighted by Gasteiger charge is -2.39. The SMILES string of the molecule is CCC1CNc2cc(F)c(F)cc2N1Cc1cccc(OC)c1. The van der Waals surface area contributed by atoms with Crippen molar-refractivity contribution < 1.29 is 13.5 Å². The van der Waals surface area contributed by atoms with Crippen molar-refractivity contribution in [2.45, 2.75) is 25.9 Å². The number of benzene rings is 2. The lowest BCUT2D eigenvalue weighted by Crippen LogP contribution is -2.43. The van der Waals surface area contributed by atoms with Crippen molar-refractivity contribution in [2.75, 3.05) is 23.9 Å². The Morgan fingerprint density at radius 1 is 1.22 bits per heavy atom. The molecule has 0 bridgehead atoms. The lowest BCUT2D eigenvalue weighted by molar-refractivity contribution is 0.414. The van der Waals surface area contributed by atoms with E-state index in [4.69, 9.17) is 4.74 Å². The minimum Gasteiger partial charge on any atom is -0.497 e. The predicted molar refractivity (Wildman–Crippen MR) is 88.1 cm³/mol. The molecule has 0 fully saturated rings. The van der Waals surface area contributed by atoms with Crippen LogP contribution in [0.15, 0.2) is 36.4 Å². The van der Waals surface area contributed by atoms with Gasteiger partial charge in [0.2, 0.25) is 0 Å². The van der Waals surface area contributed by atoms with Crippen LogP contribution >= 0.6 is 0 Å². The van der Waals surface area contributed by atoms with Crippen molar-refractivity contribution in [1.82, 2.24) is 0 Å². The maximum Gasteiger partial charge on any atom is 0.161 e. The Balaban J connectivity index is 1.97. The van der Waals surface area contributed by atoms with Crippen molar-refractivity contribution in [3.05, 3.63) is 53.6 Å². The van der Waals surface area contributed by atoms with Crippen LogP contribution in [-0.4, -0.2) is 19.7 Å². The van der Waals surface area contributed by atoms with E-state index in [9.17, 15) is 8.78 Å². The van der Waals surface area contributed by atoms with Crippen molar-refractivity contribution in [2.24, 2.45) is 0 Å². The van der Waals surface area contributed by atoms with Crippen LogP contribution in [0.1, 0.15) is 18.9 Å². The number of nitrogens with one attached hydrogen (secondary N) is 1. The van der Waals surface area contributed by atoms with Crippen LogP contribution in [0.2, 0.25) is 0 Å². The molecule has 1 aliphatic rings. The number of fused-ring (bicyclic) bond motifs is 1. The summed E-state index contributed by atoms with van der Waals surface area (Å²) in [6.45, 7) is 3.42. The first-order valence-electron chi connectivity index (χ1n) is 7.75. The summed E-state index contributed by atoms with van der Waals surface area (Å²) in [6, 6.07) is 10.5. The molecule has 2 aromatic carbocycles. The van der Waals surface area contributed by atoms with Crippen LogP contribution in [-0.2, 0) is 6.54 Å². The van der Waals surface area contributed by atoms with Crippen LogP contribution in [0.3, 0.4) is 0 Å². The van der Waals surface area contributed by atoms with Gasteiger partial charge in [-0.1, -0.05) is 19.1 Å². The minimum atomic E-state index is -0.826. The summed E-state index contributed by atoms with van der Waals surface area (Å²) in [4.78, 5) is 2.13. The summed E-state index contributed by atoms with van der Waals surface area (Å²) in [7, 11) is 1.63. The zero-order valence-electron chi connectivity index (χ0n) is 13.3. The van der Waals surface area contributed by atoms with Gasteiger partial charge in [-0.25, -0.2) is 8.78 Å². The molecule has 1 heterocycles. The number of anilines is 2. The highest BCUT2D eigenvalue weighted by Crippen LogP contribution is 2.35. The van der Waals surface area contributed by atoms with Gasteiger partial charge in [0.05, 0.1) is 18.5 Å². The fraction of sp³-hybridized carbons (Fsp3) is 0.333. The maximum absolute atomic E-state index is 13.7. The van der Waals surface area contributed by atoms with E-state index in [1.54, 1.807) is 7.11 Å². The third-order valence-electron chi connectivity index (χ3n) is 4.28. The third kappa shape index (κ3) is 3.09. The smallest absolute Gasteiger partial charge is 0.161 e. The van der Waals surface area contributed by atoms with E-state index >= 15 is 0 Å². The first-order valence-corrected chi connectivity index (χ1v) is 7.75. The van der Waals surface area contributed by atoms with Crippen LogP contribution in [0.5, 0.6) is 5.75 Å². The molecule has 1 aliphatic heterocycles. The number of methoxy groups -OCH3 is 1. The normalized spacial score (nSPS) is 16.7. The second kappa shape index (κ2) is 6.44. The summed E-state index contributed by atoms with van der Waals surface area (Å²) < 4.78 is 32.5. The maximum atomic E-state index is 13.7. The molecule has 0 saturated heterocycles. The van der Waals surface area contributed by atoms with Gasteiger partial charge in [0.25, 0.3) is 0 Å². The van der Waals surface area contributed by atoms with Crippen LogP contribution in [0.4, 0.5) is 20.2 Å². The molecule has 1 atom stereocenters. The van der Waals surface area contributed by atoms with Crippen molar-refractivity contribution in [1.29, 1.82) is 0 Å². The number of hydrogen-bond donors (Lipinski definition) is 1. The first kappa shape index (κ1) is 15.6. The first-order chi connectivity index (χ1) is 11.1. The fourth-order valence-corrected chi connectivity index (χ4v) is 3.00. The van der Waals surface area contributed by atoms with Crippen molar-refractivity contribution >= 4 is 11.4 Å². The lowest BCUT2D eigenvalue weighted by atomic mass is 10.0. The number of halogens is 2. The Labute approximate surface area is 134 Å². The van der Waals surface area contributed by atoms with Gasteiger partial charge in [0.1, 0.15) is 5.75 Å². The molecule has 0 spiro atoms. The largest absolute Gasteiger partial charge is 0.497 e. The van der Waals surface area contributed by atoms with E-state index in [0.29, 0.717) is 24.5 Å². The van der Waals surface area contributed by atoms with Crippen molar-refractivity contribution in [3.8, 4) is 5.75 Å². The minimum absolute atomic E-state index is 0.221. The van der Waals surface area contributed by atoms with E-state index in [2.05, 4.69) is 17.1 Å². The highest BCUT2D eigenvalue weighted by atomic mass is 19.2. The predicted octanol–water partition coefficient (Wildman–Crippen LogP) is 4.18. The molecule has 3 rings (SSSR count). The number of rotatable bonds is 4. The second-order valence-corrected chi connectivity index (χ2v) is 5.71. The second-order valence-electron chi connectivity index (χ2n) is 5.71. The average Bonchev–Trinajstić information content (AvgIpc) is 2.57. The van der Waals surface area contributed by atoms with Gasteiger partial charge in [-0.3, -0.25) is 0 Å². The monoisotopic (exact) mass is 318 g/mol. The third-order valence-corrected chi connectivity index (χ3v) is 4.28. The quantitative estimate of drug-likeness (QED) is 0.915. The highest BCUT2D eigenvalue weighted by Gasteiger charge is 2.26. The van der Waals surface area contributed by atoms with Gasteiger partial charge in [-0.2, -0.15) is 0 Å². The molecule has 1 unspecified atom stereocenters. The van der Waals surface area contributed by atoms with Gasteiger partial charge < -0.3 is 15.0 Å². The standard InChI is InChI=1S/C18H20F2N2O/c1-3-13-10-21-17-8-15(19)16(20)9-18(17)22(13)11-12-5-4-6-14(7-12)23-2/h4-9,13,21H,3,10-11H2,1-2H3. The van der Waals surface area contributed by atoms with Crippen molar-refractivity contribution in [3.63, 3.8) is 0 Å². The summed E-state index contributed by atoms with van der Waals surface area (Å²) in [5, 5.41) is 3.20.